The molecule has 1 saturated heterocycles. The van der Waals surface area contributed by atoms with Crippen LogP contribution in [0.2, 0.25) is 0 Å². The van der Waals surface area contributed by atoms with Gasteiger partial charge in [-0.1, -0.05) is 77.6 Å². The lowest BCUT2D eigenvalue weighted by molar-refractivity contribution is -0.132. The van der Waals surface area contributed by atoms with E-state index in [2.05, 4.69) is 0 Å². The molecule has 1 aromatic heterocycles. The highest BCUT2D eigenvalue weighted by atomic mass is 32.1. The molecular formula is C27H22N2O3S. The first-order valence-corrected chi connectivity index (χ1v) is 11.5. The molecular weight excluding hydrogens is 432 g/mol. The zero-order chi connectivity index (χ0) is 23.3. The van der Waals surface area contributed by atoms with E-state index in [9.17, 15) is 14.7 Å². The van der Waals surface area contributed by atoms with Crippen LogP contribution in [0.1, 0.15) is 33.9 Å². The first-order chi connectivity index (χ1) is 15.8. The van der Waals surface area contributed by atoms with Crippen molar-refractivity contribution in [2.24, 2.45) is 0 Å². The number of fused-ring (bicyclic) bond motifs is 1. The van der Waals surface area contributed by atoms with E-state index in [0.717, 1.165) is 32.5 Å². The largest absolute Gasteiger partial charge is 0.507 e. The van der Waals surface area contributed by atoms with Crippen LogP contribution in [0.5, 0.6) is 0 Å². The molecule has 1 aliphatic rings. The highest BCUT2D eigenvalue weighted by Gasteiger charge is 2.48. The topological polar surface area (TPSA) is 70.5 Å². The molecule has 0 saturated carbocycles. The molecule has 0 bridgehead atoms. The molecule has 164 valence electrons. The highest BCUT2D eigenvalue weighted by molar-refractivity contribution is 7.22. The van der Waals surface area contributed by atoms with Crippen molar-refractivity contribution in [1.82, 2.24) is 4.98 Å². The Balaban J connectivity index is 1.73. The van der Waals surface area contributed by atoms with Gasteiger partial charge in [0, 0.05) is 5.56 Å². The number of aromatic nitrogens is 1. The molecule has 6 heteroatoms. The number of carbonyl (C=O) groups is 2. The SMILES string of the molecule is Cc1ccc(/C(O)=C2\C(=O)C(=O)N(c3nc4c(C)cc(C)cc4s3)[C@H]2c2ccccc2)cc1. The summed E-state index contributed by atoms with van der Waals surface area (Å²) in [6, 6.07) is 19.8. The van der Waals surface area contributed by atoms with Gasteiger partial charge in [0.2, 0.25) is 0 Å². The van der Waals surface area contributed by atoms with Crippen molar-refractivity contribution >= 4 is 44.1 Å². The summed E-state index contributed by atoms with van der Waals surface area (Å²) in [6.45, 7) is 5.95. The van der Waals surface area contributed by atoms with Gasteiger partial charge in [-0.15, -0.1) is 0 Å². The van der Waals surface area contributed by atoms with Gasteiger partial charge in [-0.2, -0.15) is 0 Å². The molecule has 0 aliphatic carbocycles. The van der Waals surface area contributed by atoms with Crippen LogP contribution in [0.4, 0.5) is 5.13 Å². The van der Waals surface area contributed by atoms with Crippen LogP contribution in [0.25, 0.3) is 16.0 Å². The van der Waals surface area contributed by atoms with Gasteiger partial charge in [-0.3, -0.25) is 14.5 Å². The van der Waals surface area contributed by atoms with Gasteiger partial charge >= 0.3 is 5.91 Å². The third kappa shape index (κ3) is 3.52. The maximum Gasteiger partial charge on any atom is 0.301 e. The molecule has 1 fully saturated rings. The average Bonchev–Trinajstić information content (AvgIpc) is 3.33. The summed E-state index contributed by atoms with van der Waals surface area (Å²) in [5.74, 6) is -1.59. The van der Waals surface area contributed by atoms with Crippen molar-refractivity contribution < 1.29 is 14.7 Å². The highest BCUT2D eigenvalue weighted by Crippen LogP contribution is 2.44. The molecule has 2 heterocycles. The Morgan fingerprint density at radius 1 is 0.939 bits per heavy atom. The van der Waals surface area contributed by atoms with Crippen molar-refractivity contribution in [1.29, 1.82) is 0 Å². The molecule has 1 atom stereocenters. The molecule has 0 radical (unpaired) electrons. The fraction of sp³-hybridized carbons (Fsp3) is 0.148. The van der Waals surface area contributed by atoms with Gasteiger partial charge in [-0.25, -0.2) is 4.98 Å². The number of nitrogens with zero attached hydrogens (tertiary/aromatic N) is 2. The second kappa shape index (κ2) is 7.98. The fourth-order valence-electron chi connectivity index (χ4n) is 4.31. The maximum absolute atomic E-state index is 13.3. The summed E-state index contributed by atoms with van der Waals surface area (Å²) in [4.78, 5) is 32.7. The predicted octanol–water partition coefficient (Wildman–Crippen LogP) is 5.85. The van der Waals surface area contributed by atoms with Gasteiger partial charge in [0.05, 0.1) is 21.8 Å². The summed E-state index contributed by atoms with van der Waals surface area (Å²) in [7, 11) is 0. The van der Waals surface area contributed by atoms with Crippen molar-refractivity contribution in [3.8, 4) is 0 Å². The number of hydrogen-bond donors (Lipinski definition) is 1. The van der Waals surface area contributed by atoms with Gasteiger partial charge < -0.3 is 5.11 Å². The number of rotatable bonds is 3. The normalized spacial score (nSPS) is 17.8. The Bertz CT molecular complexity index is 1440. The third-order valence-electron chi connectivity index (χ3n) is 5.91. The second-order valence-corrected chi connectivity index (χ2v) is 9.38. The number of thiazole rings is 1. The Morgan fingerprint density at radius 3 is 2.33 bits per heavy atom. The summed E-state index contributed by atoms with van der Waals surface area (Å²) < 4.78 is 0.953. The summed E-state index contributed by atoms with van der Waals surface area (Å²) in [6.07, 6.45) is 0. The number of amides is 1. The number of hydrogen-bond acceptors (Lipinski definition) is 5. The van der Waals surface area contributed by atoms with Crippen LogP contribution in [0.15, 0.2) is 72.3 Å². The lowest BCUT2D eigenvalue weighted by Gasteiger charge is -2.22. The lowest BCUT2D eigenvalue weighted by Crippen LogP contribution is -2.29. The molecule has 1 amide bonds. The smallest absolute Gasteiger partial charge is 0.301 e. The zero-order valence-corrected chi connectivity index (χ0v) is 19.3. The van der Waals surface area contributed by atoms with Crippen LogP contribution >= 0.6 is 11.3 Å². The van der Waals surface area contributed by atoms with Gasteiger partial charge in [-0.05, 0) is 43.5 Å². The van der Waals surface area contributed by atoms with Crippen LogP contribution in [-0.2, 0) is 9.59 Å². The summed E-state index contributed by atoms with van der Waals surface area (Å²) in [5, 5.41) is 11.6. The van der Waals surface area contributed by atoms with E-state index in [0.29, 0.717) is 10.7 Å². The number of aliphatic hydroxyl groups excluding tert-OH is 1. The van der Waals surface area contributed by atoms with Crippen LogP contribution < -0.4 is 4.90 Å². The minimum Gasteiger partial charge on any atom is -0.507 e. The fourth-order valence-corrected chi connectivity index (χ4v) is 5.48. The van der Waals surface area contributed by atoms with Crippen molar-refractivity contribution in [2.75, 3.05) is 4.90 Å². The van der Waals surface area contributed by atoms with E-state index in [1.807, 2.05) is 75.4 Å². The molecule has 1 aliphatic heterocycles. The number of aryl methyl sites for hydroxylation is 3. The molecule has 5 nitrogen and oxygen atoms in total. The predicted molar refractivity (Wildman–Crippen MR) is 131 cm³/mol. The van der Waals surface area contributed by atoms with E-state index in [1.165, 1.54) is 16.2 Å². The quantitative estimate of drug-likeness (QED) is 0.240. The van der Waals surface area contributed by atoms with E-state index < -0.39 is 17.7 Å². The number of aliphatic hydroxyl groups is 1. The molecule has 1 N–H and O–H groups in total. The summed E-state index contributed by atoms with van der Waals surface area (Å²) in [5.41, 5.74) is 5.27. The number of carbonyl (C=O) groups excluding carboxylic acids is 2. The molecule has 0 unspecified atom stereocenters. The standard InChI is InChI=1S/C27H22N2O3S/c1-15-9-11-19(12-10-15)24(30)21-23(18-7-5-4-6-8-18)29(26(32)25(21)31)27-28-22-17(3)13-16(2)14-20(22)33-27/h4-14,23,30H,1-3H3/b24-21+/t23-/m0/s1. The Labute approximate surface area is 195 Å². The van der Waals surface area contributed by atoms with Crippen molar-refractivity contribution in [2.45, 2.75) is 26.8 Å². The number of anilines is 1. The molecule has 0 spiro atoms. The molecule has 3 aromatic carbocycles. The van der Waals surface area contributed by atoms with E-state index in [4.69, 9.17) is 4.98 Å². The molecule has 4 aromatic rings. The third-order valence-corrected chi connectivity index (χ3v) is 6.91. The minimum atomic E-state index is -0.769. The van der Waals surface area contributed by atoms with Crippen LogP contribution in [0.3, 0.4) is 0 Å². The number of Topliss-reactive ketones (excluding diaryl/α,β-unsaturated/α-hetero) is 1. The monoisotopic (exact) mass is 454 g/mol. The average molecular weight is 455 g/mol. The van der Waals surface area contributed by atoms with Crippen molar-refractivity contribution in [3.05, 3.63) is 100 Å². The molecule has 5 rings (SSSR count). The Morgan fingerprint density at radius 2 is 1.64 bits per heavy atom. The molecule has 33 heavy (non-hydrogen) atoms. The Hall–Kier alpha value is -3.77. The second-order valence-electron chi connectivity index (χ2n) is 8.37. The van der Waals surface area contributed by atoms with E-state index >= 15 is 0 Å². The van der Waals surface area contributed by atoms with Gasteiger partial charge in [0.1, 0.15) is 5.76 Å². The maximum atomic E-state index is 13.3. The van der Waals surface area contributed by atoms with Gasteiger partial charge in [0.25, 0.3) is 5.78 Å². The van der Waals surface area contributed by atoms with Crippen molar-refractivity contribution in [3.63, 3.8) is 0 Å². The Kier molecular flexibility index (Phi) is 5.10. The van der Waals surface area contributed by atoms with Gasteiger partial charge in [0.15, 0.2) is 5.13 Å². The van der Waals surface area contributed by atoms with E-state index in [1.54, 1.807) is 12.1 Å². The first kappa shape index (κ1) is 21.1. The zero-order valence-electron chi connectivity index (χ0n) is 18.5. The lowest BCUT2D eigenvalue weighted by atomic mass is 9.95. The van der Waals surface area contributed by atoms with Crippen LogP contribution in [0, 0.1) is 20.8 Å². The minimum absolute atomic E-state index is 0.0715. The number of benzene rings is 3. The van der Waals surface area contributed by atoms with Crippen LogP contribution in [-0.4, -0.2) is 21.8 Å². The number of ketones is 1. The first-order valence-electron chi connectivity index (χ1n) is 10.7. The summed E-state index contributed by atoms with van der Waals surface area (Å²) >= 11 is 1.38. The van der Waals surface area contributed by atoms with E-state index in [-0.39, 0.29) is 11.3 Å².